The molecular weight excluding hydrogens is 698 g/mol. The molecule has 0 fully saturated rings. The summed E-state index contributed by atoms with van der Waals surface area (Å²) in [5.41, 5.74) is 31.5. The Kier molecular flexibility index (Phi) is 28.0. The Labute approximate surface area is 280 Å². The van der Waals surface area contributed by atoms with E-state index in [1.807, 2.05) is 0 Å². The third-order valence-corrected chi connectivity index (χ3v) is 6.74. The molecule has 0 aliphatic heterocycles. The zero-order chi connectivity index (χ0) is 31.4. The van der Waals surface area contributed by atoms with Crippen LogP contribution >= 0.6 is 0 Å². The number of hydrogen-bond donors (Lipinski definition) is 6. The molecule has 0 saturated carbocycles. The number of nitrogens with zero attached hydrogens (tertiary/aromatic N) is 6. The van der Waals surface area contributed by atoms with Crippen LogP contribution in [0.2, 0.25) is 0 Å². The van der Waals surface area contributed by atoms with Gasteiger partial charge in [0.1, 0.15) is 0 Å². The van der Waals surface area contributed by atoms with Crippen LogP contribution in [0.5, 0.6) is 0 Å². The molecule has 0 unspecified atom stereocenters. The van der Waals surface area contributed by atoms with Crippen LogP contribution in [0.4, 0.5) is 23.3 Å². The van der Waals surface area contributed by atoms with Crippen LogP contribution in [0.1, 0.15) is 0 Å². The van der Waals surface area contributed by atoms with Crippen LogP contribution in [-0.4, -0.2) is 79.4 Å². The number of hydrogen-bond acceptors (Lipinski definition) is 14. The van der Waals surface area contributed by atoms with Gasteiger partial charge in [0, 0.05) is 49.5 Å². The van der Waals surface area contributed by atoms with Gasteiger partial charge in [0.2, 0.25) is 20.0 Å². The second-order valence-electron chi connectivity index (χ2n) is 7.52. The van der Waals surface area contributed by atoms with Crippen molar-refractivity contribution in [2.24, 2.45) is 22.9 Å². The molecule has 252 valence electrons. The standard InChI is InChI=1S/2C10H9N4O2S.2C2H8N2.3H2O.Zn/c2*11-8-2-4-9(5-3-8)17(15,16)14-10-12-6-1-7-13-10;2*3-1-2-4;;;;/h2*1-7H,11H2;2*1-4H2;3*1H2;/q2*-1;;;;;;+2. The fraction of sp³-hybridized carbons (Fsp3) is 0.167. The minimum atomic E-state index is -3.79. The van der Waals surface area contributed by atoms with Crippen LogP contribution in [0.25, 0.3) is 9.44 Å². The Hall–Kier alpha value is -3.96. The van der Waals surface area contributed by atoms with Crippen molar-refractivity contribution in [3.05, 3.63) is 94.9 Å². The first-order valence-electron chi connectivity index (χ1n) is 12.0. The third kappa shape index (κ3) is 19.4. The smallest absolute Gasteiger partial charge is 0.412 e. The summed E-state index contributed by atoms with van der Waals surface area (Å²) in [6, 6.07) is 14.7. The Balaban J connectivity index is -0.000000291. The number of anilines is 2. The summed E-state index contributed by atoms with van der Waals surface area (Å²) in [7, 11) is -7.57. The molecule has 0 radical (unpaired) electrons. The van der Waals surface area contributed by atoms with Crippen LogP contribution in [0.15, 0.2) is 95.2 Å². The molecule has 2 aromatic heterocycles. The molecule has 0 saturated heterocycles. The van der Waals surface area contributed by atoms with Crippen molar-refractivity contribution in [3.8, 4) is 0 Å². The van der Waals surface area contributed by atoms with E-state index in [2.05, 4.69) is 29.4 Å². The van der Waals surface area contributed by atoms with E-state index in [4.69, 9.17) is 34.4 Å². The van der Waals surface area contributed by atoms with E-state index >= 15 is 0 Å². The van der Waals surface area contributed by atoms with Gasteiger partial charge in [-0.05, 0) is 73.3 Å². The normalized spacial score (nSPS) is 9.48. The quantitative estimate of drug-likeness (QED) is 0.0861. The Morgan fingerprint density at radius 3 is 0.957 bits per heavy atom. The zero-order valence-electron chi connectivity index (χ0n) is 24.7. The largest absolute Gasteiger partial charge is 2.00 e. The van der Waals surface area contributed by atoms with E-state index in [9.17, 15) is 16.8 Å². The molecule has 0 atom stereocenters. The minimum absolute atomic E-state index is 0. The van der Waals surface area contributed by atoms with E-state index < -0.39 is 20.0 Å². The van der Waals surface area contributed by atoms with E-state index in [-0.39, 0.29) is 57.6 Å². The van der Waals surface area contributed by atoms with Gasteiger partial charge in [-0.3, -0.25) is 9.44 Å². The van der Waals surface area contributed by atoms with Gasteiger partial charge in [-0.1, -0.05) is 12.1 Å². The maximum atomic E-state index is 11.8. The van der Waals surface area contributed by atoms with Crippen molar-refractivity contribution in [1.29, 1.82) is 0 Å². The van der Waals surface area contributed by atoms with Gasteiger partial charge in [-0.2, -0.15) is 0 Å². The maximum Gasteiger partial charge on any atom is 2.00 e. The molecule has 2 heterocycles. The van der Waals surface area contributed by atoms with Crippen molar-refractivity contribution in [3.63, 3.8) is 0 Å². The maximum absolute atomic E-state index is 11.8. The van der Waals surface area contributed by atoms with E-state index in [0.29, 0.717) is 37.6 Å². The predicted molar refractivity (Wildman–Crippen MR) is 173 cm³/mol. The first kappa shape index (κ1) is 48.9. The summed E-state index contributed by atoms with van der Waals surface area (Å²) in [5, 5.41) is 0. The predicted octanol–water partition coefficient (Wildman–Crippen LogP) is -1.76. The molecule has 19 nitrogen and oxygen atoms in total. The van der Waals surface area contributed by atoms with Gasteiger partial charge in [0.05, 0.1) is 9.79 Å². The second-order valence-corrected chi connectivity index (χ2v) is 10.7. The minimum Gasteiger partial charge on any atom is -0.412 e. The van der Waals surface area contributed by atoms with Gasteiger partial charge in [0.25, 0.3) is 0 Å². The first-order valence-corrected chi connectivity index (χ1v) is 14.9. The first-order chi connectivity index (χ1) is 20.0. The van der Waals surface area contributed by atoms with Gasteiger partial charge in [-0.25, -0.2) is 16.8 Å². The van der Waals surface area contributed by atoms with Crippen LogP contribution in [-0.2, 0) is 39.5 Å². The van der Waals surface area contributed by atoms with Crippen molar-refractivity contribution in [2.45, 2.75) is 9.79 Å². The van der Waals surface area contributed by atoms with Gasteiger partial charge < -0.3 is 70.8 Å². The van der Waals surface area contributed by atoms with Crippen molar-refractivity contribution in [1.82, 2.24) is 19.9 Å². The Bertz CT molecular complexity index is 1390. The molecular formula is C24H40N12O7S2Zn. The van der Waals surface area contributed by atoms with Gasteiger partial charge in [0.15, 0.2) is 0 Å². The Morgan fingerprint density at radius 1 is 0.500 bits per heavy atom. The summed E-state index contributed by atoms with van der Waals surface area (Å²) in [6.07, 6.45) is 5.68. The average molecular weight is 738 g/mol. The average Bonchev–Trinajstić information content (AvgIpc) is 2.99. The number of aromatic nitrogens is 4. The molecule has 4 rings (SSSR count). The number of nitrogen functional groups attached to an aromatic ring is 2. The van der Waals surface area contributed by atoms with E-state index in [1.54, 1.807) is 12.1 Å². The molecule has 2 aromatic carbocycles. The topological polar surface area (TPSA) is 399 Å². The van der Waals surface area contributed by atoms with Crippen LogP contribution in [0, 0.1) is 0 Å². The van der Waals surface area contributed by atoms with Gasteiger partial charge in [-0.15, -0.1) is 0 Å². The molecule has 0 spiro atoms. The summed E-state index contributed by atoms with van der Waals surface area (Å²) >= 11 is 0. The Morgan fingerprint density at radius 2 is 0.739 bits per heavy atom. The molecule has 46 heavy (non-hydrogen) atoms. The van der Waals surface area contributed by atoms with Crippen molar-refractivity contribution in [2.75, 3.05) is 37.6 Å². The summed E-state index contributed by atoms with van der Waals surface area (Å²) in [6.45, 7) is 2.39. The fourth-order valence-corrected chi connectivity index (χ4v) is 4.07. The molecule has 22 heteroatoms. The van der Waals surface area contributed by atoms with Gasteiger partial charge >= 0.3 is 19.5 Å². The second kappa shape index (κ2) is 26.3. The zero-order valence-corrected chi connectivity index (χ0v) is 29.3. The fourth-order valence-electron chi connectivity index (χ4n) is 2.28. The van der Waals surface area contributed by atoms with E-state index in [1.165, 1.54) is 73.3 Å². The number of sulfonamides is 2. The number of nitrogens with two attached hydrogens (primary N) is 6. The molecule has 4 aromatic rings. The summed E-state index contributed by atoms with van der Waals surface area (Å²) in [5.74, 6) is -0.186. The van der Waals surface area contributed by atoms with Crippen LogP contribution in [0.3, 0.4) is 0 Å². The van der Waals surface area contributed by atoms with Crippen molar-refractivity contribution >= 4 is 43.3 Å². The monoisotopic (exact) mass is 736 g/mol. The molecule has 18 N–H and O–H groups in total. The number of rotatable bonds is 8. The number of benzene rings is 2. The van der Waals surface area contributed by atoms with Crippen LogP contribution < -0.4 is 34.4 Å². The molecule has 0 bridgehead atoms. The van der Waals surface area contributed by atoms with Crippen molar-refractivity contribution < 1.29 is 52.7 Å². The summed E-state index contributed by atoms with van der Waals surface area (Å²) < 4.78 is 54.3. The molecule has 0 amide bonds. The summed E-state index contributed by atoms with van der Waals surface area (Å²) in [4.78, 5) is 15.0. The molecule has 0 aliphatic carbocycles. The molecule has 0 aliphatic rings. The third-order valence-electron chi connectivity index (χ3n) is 4.20. The SMILES string of the molecule is NCCN.NCCN.Nc1ccc(S(=O)(=O)[N-]c2ncccn2)cc1.Nc1ccc(S(=O)(=O)[N-]c2ncccn2)cc1.O.O.O.[Zn+2]. The van der Waals surface area contributed by atoms with E-state index in [0.717, 1.165) is 0 Å².